The molecule has 3 nitrogen and oxygen atoms in total. The number of anilines is 1. The molecule has 0 spiro atoms. The monoisotopic (exact) mass is 275 g/mol. The Morgan fingerprint density at radius 2 is 2.10 bits per heavy atom. The van der Waals surface area contributed by atoms with Crippen LogP contribution in [-0.4, -0.2) is 37.1 Å². The zero-order valence-electron chi connectivity index (χ0n) is 13.5. The average Bonchev–Trinajstić information content (AvgIpc) is 2.45. The van der Waals surface area contributed by atoms with Gasteiger partial charge in [-0.3, -0.25) is 4.90 Å². The summed E-state index contributed by atoms with van der Waals surface area (Å²) in [5.41, 5.74) is 2.64. The summed E-state index contributed by atoms with van der Waals surface area (Å²) in [6.45, 7) is 6.92. The molecule has 0 unspecified atom stereocenters. The minimum Gasteiger partial charge on any atom is -0.363 e. The van der Waals surface area contributed by atoms with Crippen LogP contribution in [0.25, 0.3) is 0 Å². The number of aromatic nitrogens is 1. The van der Waals surface area contributed by atoms with E-state index in [2.05, 4.69) is 49.9 Å². The first-order chi connectivity index (χ1) is 9.63. The molecule has 1 aromatic heterocycles. The molecule has 3 heteroatoms. The van der Waals surface area contributed by atoms with Gasteiger partial charge in [0.05, 0.1) is 0 Å². The predicted octanol–water partition coefficient (Wildman–Crippen LogP) is 3.78. The van der Waals surface area contributed by atoms with Crippen LogP contribution in [0.15, 0.2) is 12.1 Å². The lowest BCUT2D eigenvalue weighted by molar-refractivity contribution is 0.146. The van der Waals surface area contributed by atoms with Crippen molar-refractivity contribution < 1.29 is 0 Å². The SMILES string of the molecule is CCCCN1CCCC[C@H]1c1ccc(N(C)C)nc1C. The Morgan fingerprint density at radius 1 is 1.30 bits per heavy atom. The highest BCUT2D eigenvalue weighted by Crippen LogP contribution is 2.33. The number of unbranched alkanes of at least 4 members (excludes halogenated alkanes) is 1. The number of hydrogen-bond acceptors (Lipinski definition) is 3. The highest BCUT2D eigenvalue weighted by molar-refractivity contribution is 5.41. The fourth-order valence-electron chi connectivity index (χ4n) is 3.13. The average molecular weight is 275 g/mol. The fraction of sp³-hybridized carbons (Fsp3) is 0.706. The van der Waals surface area contributed by atoms with Crippen molar-refractivity contribution in [1.29, 1.82) is 0 Å². The van der Waals surface area contributed by atoms with Crippen LogP contribution in [0.5, 0.6) is 0 Å². The molecule has 0 N–H and O–H groups in total. The van der Waals surface area contributed by atoms with Gasteiger partial charge in [-0.05, 0) is 50.9 Å². The molecular weight excluding hydrogens is 246 g/mol. The van der Waals surface area contributed by atoms with E-state index in [-0.39, 0.29) is 0 Å². The molecule has 2 rings (SSSR count). The van der Waals surface area contributed by atoms with E-state index < -0.39 is 0 Å². The van der Waals surface area contributed by atoms with Gasteiger partial charge < -0.3 is 4.90 Å². The van der Waals surface area contributed by atoms with E-state index in [9.17, 15) is 0 Å². The van der Waals surface area contributed by atoms with Crippen LogP contribution >= 0.6 is 0 Å². The molecule has 0 bridgehead atoms. The first-order valence-electron chi connectivity index (χ1n) is 8.02. The number of pyridine rings is 1. The Hall–Kier alpha value is -1.09. The first kappa shape index (κ1) is 15.3. The molecular formula is C17H29N3. The van der Waals surface area contributed by atoms with Crippen LogP contribution < -0.4 is 4.90 Å². The van der Waals surface area contributed by atoms with E-state index in [0.717, 1.165) is 5.82 Å². The van der Waals surface area contributed by atoms with Crippen LogP contribution in [0, 0.1) is 6.92 Å². The lowest BCUT2D eigenvalue weighted by atomic mass is 9.94. The van der Waals surface area contributed by atoms with Gasteiger partial charge in [-0.25, -0.2) is 4.98 Å². The molecule has 0 amide bonds. The van der Waals surface area contributed by atoms with Gasteiger partial charge in [0.25, 0.3) is 0 Å². The van der Waals surface area contributed by atoms with Crippen molar-refractivity contribution in [3.63, 3.8) is 0 Å². The Bertz CT molecular complexity index is 428. The second-order valence-electron chi connectivity index (χ2n) is 6.14. The van der Waals surface area contributed by atoms with E-state index in [0.29, 0.717) is 6.04 Å². The van der Waals surface area contributed by atoms with Crippen molar-refractivity contribution in [2.24, 2.45) is 0 Å². The van der Waals surface area contributed by atoms with Gasteiger partial charge in [0.1, 0.15) is 5.82 Å². The van der Waals surface area contributed by atoms with Crippen molar-refractivity contribution in [1.82, 2.24) is 9.88 Å². The Morgan fingerprint density at radius 3 is 2.75 bits per heavy atom. The highest BCUT2D eigenvalue weighted by atomic mass is 15.2. The topological polar surface area (TPSA) is 19.4 Å². The van der Waals surface area contributed by atoms with E-state index in [1.807, 2.05) is 0 Å². The lowest BCUT2D eigenvalue weighted by Gasteiger charge is -2.36. The quantitative estimate of drug-likeness (QED) is 0.815. The van der Waals surface area contributed by atoms with Crippen LogP contribution in [0.4, 0.5) is 5.82 Å². The standard InChI is InChI=1S/C17H29N3/c1-5-6-12-20-13-8-7-9-16(20)15-10-11-17(19(3)4)18-14(15)2/h10-11,16H,5-9,12-13H2,1-4H3/t16-/m0/s1. The molecule has 0 saturated carbocycles. The molecule has 1 aliphatic heterocycles. The van der Waals surface area contributed by atoms with Gasteiger partial charge in [-0.2, -0.15) is 0 Å². The van der Waals surface area contributed by atoms with Gasteiger partial charge in [0, 0.05) is 25.8 Å². The number of hydrogen-bond donors (Lipinski definition) is 0. The molecule has 20 heavy (non-hydrogen) atoms. The second kappa shape index (κ2) is 7.07. The van der Waals surface area contributed by atoms with Gasteiger partial charge in [0.15, 0.2) is 0 Å². The maximum absolute atomic E-state index is 4.76. The lowest BCUT2D eigenvalue weighted by Crippen LogP contribution is -2.34. The van der Waals surface area contributed by atoms with Crippen LogP contribution in [0.1, 0.15) is 56.3 Å². The Balaban J connectivity index is 2.19. The Kier molecular flexibility index (Phi) is 5.41. The van der Waals surface area contributed by atoms with Crippen molar-refractivity contribution in [3.8, 4) is 0 Å². The first-order valence-corrected chi connectivity index (χ1v) is 8.02. The summed E-state index contributed by atoms with van der Waals surface area (Å²) < 4.78 is 0. The maximum Gasteiger partial charge on any atom is 0.128 e. The normalized spacial score (nSPS) is 20.1. The molecule has 1 fully saturated rings. The summed E-state index contributed by atoms with van der Waals surface area (Å²) in [6, 6.07) is 5.04. The number of piperidine rings is 1. The zero-order valence-corrected chi connectivity index (χ0v) is 13.5. The summed E-state index contributed by atoms with van der Waals surface area (Å²) in [4.78, 5) is 9.51. The second-order valence-corrected chi connectivity index (χ2v) is 6.14. The Labute approximate surface area is 124 Å². The van der Waals surface area contributed by atoms with Crippen LogP contribution in [0.3, 0.4) is 0 Å². The number of likely N-dealkylation sites (tertiary alicyclic amines) is 1. The number of nitrogens with zero attached hydrogens (tertiary/aromatic N) is 3. The third-order valence-corrected chi connectivity index (χ3v) is 4.34. The van der Waals surface area contributed by atoms with Gasteiger partial charge in [-0.15, -0.1) is 0 Å². The molecule has 0 aromatic carbocycles. The molecule has 2 heterocycles. The van der Waals surface area contributed by atoms with Crippen molar-refractivity contribution in [2.45, 2.75) is 52.0 Å². The van der Waals surface area contributed by atoms with Gasteiger partial charge in [-0.1, -0.05) is 25.8 Å². The summed E-state index contributed by atoms with van der Waals surface area (Å²) in [5, 5.41) is 0. The minimum absolute atomic E-state index is 0.582. The van der Waals surface area contributed by atoms with Crippen molar-refractivity contribution in [3.05, 3.63) is 23.4 Å². The van der Waals surface area contributed by atoms with Crippen molar-refractivity contribution >= 4 is 5.82 Å². The third kappa shape index (κ3) is 3.51. The summed E-state index contributed by atoms with van der Waals surface area (Å²) in [7, 11) is 4.10. The molecule has 1 atom stereocenters. The van der Waals surface area contributed by atoms with Gasteiger partial charge in [0.2, 0.25) is 0 Å². The van der Waals surface area contributed by atoms with Crippen LogP contribution in [0.2, 0.25) is 0 Å². The van der Waals surface area contributed by atoms with E-state index in [4.69, 9.17) is 4.98 Å². The zero-order chi connectivity index (χ0) is 14.5. The largest absolute Gasteiger partial charge is 0.363 e. The summed E-state index contributed by atoms with van der Waals surface area (Å²) in [6.07, 6.45) is 6.57. The van der Waals surface area contributed by atoms with Crippen LogP contribution in [-0.2, 0) is 0 Å². The molecule has 112 valence electrons. The summed E-state index contributed by atoms with van der Waals surface area (Å²) >= 11 is 0. The molecule has 1 saturated heterocycles. The fourth-order valence-corrected chi connectivity index (χ4v) is 3.13. The van der Waals surface area contributed by atoms with E-state index in [1.165, 1.54) is 56.5 Å². The molecule has 1 aliphatic rings. The summed E-state index contributed by atoms with van der Waals surface area (Å²) in [5.74, 6) is 1.06. The number of aryl methyl sites for hydroxylation is 1. The third-order valence-electron chi connectivity index (χ3n) is 4.34. The highest BCUT2D eigenvalue weighted by Gasteiger charge is 2.25. The van der Waals surface area contributed by atoms with Gasteiger partial charge >= 0.3 is 0 Å². The minimum atomic E-state index is 0.582. The van der Waals surface area contributed by atoms with E-state index >= 15 is 0 Å². The molecule has 0 radical (unpaired) electrons. The van der Waals surface area contributed by atoms with Crippen molar-refractivity contribution in [2.75, 3.05) is 32.1 Å². The smallest absolute Gasteiger partial charge is 0.128 e. The maximum atomic E-state index is 4.76. The predicted molar refractivity (Wildman–Crippen MR) is 86.4 cm³/mol. The number of rotatable bonds is 5. The molecule has 1 aromatic rings. The molecule has 0 aliphatic carbocycles. The van der Waals surface area contributed by atoms with E-state index in [1.54, 1.807) is 0 Å².